The number of esters is 1. The van der Waals surface area contributed by atoms with E-state index in [1.807, 2.05) is 52.0 Å². The second kappa shape index (κ2) is 13.3. The molecule has 0 radical (unpaired) electrons. The maximum absolute atomic E-state index is 13.0. The fourth-order valence-corrected chi connectivity index (χ4v) is 6.00. The predicted octanol–water partition coefficient (Wildman–Crippen LogP) is 5.86. The number of para-hydroxylation sites is 1. The van der Waals surface area contributed by atoms with Gasteiger partial charge in [-0.1, -0.05) is 24.3 Å². The monoisotopic (exact) mass is 587 g/mol. The van der Waals surface area contributed by atoms with Gasteiger partial charge in [-0.25, -0.2) is 4.98 Å². The lowest BCUT2D eigenvalue weighted by molar-refractivity contribution is -0.166. The summed E-state index contributed by atoms with van der Waals surface area (Å²) in [5.41, 5.74) is 5.94. The fraction of sp³-hybridized carbons (Fsp3) is 0.486. The number of aryl methyl sites for hydroxylation is 1. The number of methoxy groups -OCH3 is 1. The maximum atomic E-state index is 13.0. The lowest BCUT2D eigenvalue weighted by Crippen LogP contribution is -2.49. The van der Waals surface area contributed by atoms with E-state index in [2.05, 4.69) is 41.4 Å². The molecule has 230 valence electrons. The Labute approximate surface area is 255 Å². The Morgan fingerprint density at radius 1 is 1.14 bits per heavy atom. The van der Waals surface area contributed by atoms with Crippen molar-refractivity contribution in [2.75, 3.05) is 38.3 Å². The van der Waals surface area contributed by atoms with Crippen LogP contribution < -0.4 is 19.7 Å². The Hall–Kier alpha value is -3.62. The first-order valence-corrected chi connectivity index (χ1v) is 15.4. The third kappa shape index (κ3) is 7.31. The number of rotatable bonds is 9. The quantitative estimate of drug-likeness (QED) is 0.312. The van der Waals surface area contributed by atoms with Crippen LogP contribution in [0.25, 0.3) is 11.3 Å². The molecule has 0 saturated carbocycles. The highest BCUT2D eigenvalue weighted by Gasteiger charge is 2.38. The second-order valence-electron chi connectivity index (χ2n) is 12.4. The van der Waals surface area contributed by atoms with Gasteiger partial charge >= 0.3 is 5.97 Å². The summed E-state index contributed by atoms with van der Waals surface area (Å²) in [6, 6.07) is 16.6. The van der Waals surface area contributed by atoms with E-state index in [4.69, 9.17) is 23.9 Å². The van der Waals surface area contributed by atoms with Crippen molar-refractivity contribution in [3.8, 4) is 22.8 Å². The number of ether oxygens (including phenoxy) is 4. The zero-order chi connectivity index (χ0) is 30.6. The standard InChI is InChI=1S/C35H45N3O5/c1-7-41-31-21-38(17-15-27(31)34(39)43-35(3,4)5)32-13-9-12-29(37-32)26-11-8-10-23(2)33(26)42-22-24-18-25-14-16-36-20-28(25)30(19-24)40-6/h8-13,18-19,27,31,36H,7,14-17,20-22H2,1-6H3/t27-,31+/m0/s1. The number of pyridine rings is 1. The van der Waals surface area contributed by atoms with Crippen molar-refractivity contribution in [1.29, 1.82) is 0 Å². The highest BCUT2D eigenvalue weighted by Crippen LogP contribution is 2.35. The summed E-state index contributed by atoms with van der Waals surface area (Å²) >= 11 is 0. The number of carbonyl (C=O) groups excluding carboxylic acids is 1. The van der Waals surface area contributed by atoms with E-state index in [0.29, 0.717) is 32.7 Å². The predicted molar refractivity (Wildman–Crippen MR) is 169 cm³/mol. The molecular formula is C35H45N3O5. The lowest BCUT2D eigenvalue weighted by Gasteiger charge is -2.38. The molecular weight excluding hydrogens is 542 g/mol. The third-order valence-corrected chi connectivity index (χ3v) is 8.03. The molecule has 1 fully saturated rings. The van der Waals surface area contributed by atoms with Crippen molar-refractivity contribution in [3.63, 3.8) is 0 Å². The number of aromatic nitrogens is 1. The Balaban J connectivity index is 1.35. The smallest absolute Gasteiger partial charge is 0.312 e. The van der Waals surface area contributed by atoms with Crippen LogP contribution in [0.4, 0.5) is 5.82 Å². The first kappa shape index (κ1) is 30.8. The number of benzene rings is 2. The van der Waals surface area contributed by atoms with Gasteiger partial charge < -0.3 is 29.2 Å². The molecule has 8 nitrogen and oxygen atoms in total. The van der Waals surface area contributed by atoms with Gasteiger partial charge in [-0.3, -0.25) is 4.79 Å². The number of fused-ring (bicyclic) bond motifs is 1. The van der Waals surface area contributed by atoms with Crippen LogP contribution in [0.15, 0.2) is 48.5 Å². The molecule has 5 rings (SSSR count). The molecule has 43 heavy (non-hydrogen) atoms. The second-order valence-corrected chi connectivity index (χ2v) is 12.4. The first-order chi connectivity index (χ1) is 20.7. The van der Waals surface area contributed by atoms with Gasteiger partial charge in [-0.05, 0) is 95.0 Å². The van der Waals surface area contributed by atoms with E-state index in [9.17, 15) is 4.79 Å². The Kier molecular flexibility index (Phi) is 9.57. The highest BCUT2D eigenvalue weighted by atomic mass is 16.6. The minimum Gasteiger partial charge on any atom is -0.496 e. The Bertz CT molecular complexity index is 1420. The summed E-state index contributed by atoms with van der Waals surface area (Å²) in [5.74, 6) is 2.09. The summed E-state index contributed by atoms with van der Waals surface area (Å²) < 4.78 is 24.0. The van der Waals surface area contributed by atoms with Crippen LogP contribution in [0.3, 0.4) is 0 Å². The van der Waals surface area contributed by atoms with E-state index in [0.717, 1.165) is 59.2 Å². The number of hydrogen-bond acceptors (Lipinski definition) is 8. The van der Waals surface area contributed by atoms with Gasteiger partial charge in [0, 0.05) is 37.4 Å². The highest BCUT2D eigenvalue weighted by molar-refractivity contribution is 5.74. The van der Waals surface area contributed by atoms with Crippen molar-refractivity contribution in [1.82, 2.24) is 10.3 Å². The van der Waals surface area contributed by atoms with Gasteiger partial charge in [-0.2, -0.15) is 0 Å². The SMILES string of the molecule is CCO[C@@H]1CN(c2cccc(-c3cccc(C)c3OCc3cc4c(c(OC)c3)CNCC4)n2)CC[C@@H]1C(=O)OC(C)(C)C. The molecule has 3 heterocycles. The molecule has 2 aliphatic heterocycles. The Morgan fingerprint density at radius 3 is 2.72 bits per heavy atom. The third-order valence-electron chi connectivity index (χ3n) is 8.03. The molecule has 0 unspecified atom stereocenters. The Morgan fingerprint density at radius 2 is 1.95 bits per heavy atom. The van der Waals surface area contributed by atoms with Gasteiger partial charge in [0.1, 0.15) is 29.5 Å². The van der Waals surface area contributed by atoms with Gasteiger partial charge in [0.2, 0.25) is 0 Å². The maximum Gasteiger partial charge on any atom is 0.312 e. The van der Waals surface area contributed by atoms with Crippen LogP contribution >= 0.6 is 0 Å². The van der Waals surface area contributed by atoms with Crippen LogP contribution in [0.1, 0.15) is 56.4 Å². The molecule has 2 aromatic carbocycles. The number of nitrogens with one attached hydrogen (secondary N) is 1. The van der Waals surface area contributed by atoms with Crippen LogP contribution in [0.5, 0.6) is 11.5 Å². The van der Waals surface area contributed by atoms with E-state index in [1.165, 1.54) is 11.1 Å². The number of carbonyl (C=O) groups is 1. The molecule has 0 amide bonds. The van der Waals surface area contributed by atoms with E-state index < -0.39 is 5.60 Å². The molecule has 2 aliphatic rings. The van der Waals surface area contributed by atoms with Crippen molar-refractivity contribution in [2.24, 2.45) is 5.92 Å². The number of piperidine rings is 1. The number of nitrogens with zero attached hydrogens (tertiary/aromatic N) is 2. The van der Waals surface area contributed by atoms with Gasteiger partial charge in [0.25, 0.3) is 0 Å². The largest absolute Gasteiger partial charge is 0.496 e. The summed E-state index contributed by atoms with van der Waals surface area (Å²) in [4.78, 5) is 20.2. The van der Waals surface area contributed by atoms with Gasteiger partial charge in [-0.15, -0.1) is 0 Å². The molecule has 2 atom stereocenters. The van der Waals surface area contributed by atoms with E-state index >= 15 is 0 Å². The summed E-state index contributed by atoms with van der Waals surface area (Å²) in [7, 11) is 1.73. The number of anilines is 1. The average Bonchev–Trinajstić information content (AvgIpc) is 2.99. The molecule has 0 bridgehead atoms. The zero-order valence-corrected chi connectivity index (χ0v) is 26.4. The van der Waals surface area contributed by atoms with Crippen molar-refractivity contribution in [2.45, 2.75) is 72.3 Å². The van der Waals surface area contributed by atoms with Crippen LogP contribution in [-0.4, -0.2) is 56.0 Å². The van der Waals surface area contributed by atoms with E-state index in [-0.39, 0.29) is 18.0 Å². The van der Waals surface area contributed by atoms with Crippen LogP contribution in [-0.2, 0) is 33.8 Å². The molecule has 0 spiro atoms. The summed E-state index contributed by atoms with van der Waals surface area (Å²) in [6.45, 7) is 13.7. The summed E-state index contributed by atoms with van der Waals surface area (Å²) in [5, 5.41) is 3.43. The topological polar surface area (TPSA) is 82.2 Å². The molecule has 8 heteroatoms. The fourth-order valence-electron chi connectivity index (χ4n) is 6.00. The zero-order valence-electron chi connectivity index (χ0n) is 26.4. The van der Waals surface area contributed by atoms with Gasteiger partial charge in [0.05, 0.1) is 24.8 Å². The molecule has 1 saturated heterocycles. The van der Waals surface area contributed by atoms with Gasteiger partial charge in [0.15, 0.2) is 0 Å². The average molecular weight is 588 g/mol. The molecule has 0 aliphatic carbocycles. The van der Waals surface area contributed by atoms with Crippen LogP contribution in [0, 0.1) is 12.8 Å². The minimum absolute atomic E-state index is 0.193. The lowest BCUT2D eigenvalue weighted by atomic mass is 9.93. The van der Waals surface area contributed by atoms with Crippen molar-refractivity contribution >= 4 is 11.8 Å². The molecule has 3 aromatic rings. The van der Waals surface area contributed by atoms with Crippen molar-refractivity contribution in [3.05, 3.63) is 70.8 Å². The van der Waals surface area contributed by atoms with Crippen molar-refractivity contribution < 1.29 is 23.7 Å². The minimum atomic E-state index is -0.530. The van der Waals surface area contributed by atoms with E-state index in [1.54, 1.807) is 7.11 Å². The normalized spacial score (nSPS) is 18.6. The first-order valence-electron chi connectivity index (χ1n) is 15.4. The number of hydrogen-bond donors (Lipinski definition) is 1. The summed E-state index contributed by atoms with van der Waals surface area (Å²) in [6.07, 6.45) is 1.36. The van der Waals surface area contributed by atoms with Crippen LogP contribution in [0.2, 0.25) is 0 Å². The molecule has 1 N–H and O–H groups in total. The molecule has 1 aromatic heterocycles.